The van der Waals surface area contributed by atoms with E-state index in [0.717, 1.165) is 23.4 Å². The highest BCUT2D eigenvalue weighted by Crippen LogP contribution is 2.30. The van der Waals surface area contributed by atoms with Crippen molar-refractivity contribution < 1.29 is 13.9 Å². The quantitative estimate of drug-likeness (QED) is 0.740. The van der Waals surface area contributed by atoms with Gasteiger partial charge in [-0.05, 0) is 67.5 Å². The minimum Gasteiger partial charge on any atom is -0.497 e. The minimum absolute atomic E-state index is 0.0488. The van der Waals surface area contributed by atoms with E-state index in [4.69, 9.17) is 4.74 Å². The maximum Gasteiger partial charge on any atom is 0.317 e. The highest BCUT2D eigenvalue weighted by atomic mass is 19.1. The van der Waals surface area contributed by atoms with Crippen molar-refractivity contribution in [3.63, 3.8) is 0 Å². The highest BCUT2D eigenvalue weighted by Gasteiger charge is 2.27. The number of ether oxygens (including phenoxy) is 1. The number of amides is 2. The van der Waals surface area contributed by atoms with Gasteiger partial charge >= 0.3 is 6.03 Å². The summed E-state index contributed by atoms with van der Waals surface area (Å²) in [6.07, 6.45) is 3.02. The van der Waals surface area contributed by atoms with E-state index < -0.39 is 0 Å². The number of nitrogens with one attached hydrogen (secondary N) is 1. The zero-order chi connectivity index (χ0) is 19.2. The molecule has 0 radical (unpaired) electrons. The summed E-state index contributed by atoms with van der Waals surface area (Å²) in [5.74, 6) is 1.16. The molecule has 0 aromatic heterocycles. The van der Waals surface area contributed by atoms with Crippen molar-refractivity contribution >= 4 is 6.03 Å². The molecule has 0 aliphatic heterocycles. The summed E-state index contributed by atoms with van der Waals surface area (Å²) < 4.78 is 18.5. The van der Waals surface area contributed by atoms with Gasteiger partial charge in [-0.3, -0.25) is 0 Å². The van der Waals surface area contributed by atoms with Crippen LogP contribution in [0.3, 0.4) is 0 Å². The maximum atomic E-state index is 13.2. The van der Waals surface area contributed by atoms with E-state index in [0.29, 0.717) is 18.9 Å². The molecule has 0 heterocycles. The first-order valence-electron chi connectivity index (χ1n) is 9.53. The van der Waals surface area contributed by atoms with Crippen molar-refractivity contribution in [1.82, 2.24) is 10.2 Å². The Labute approximate surface area is 160 Å². The van der Waals surface area contributed by atoms with Gasteiger partial charge in [0.2, 0.25) is 0 Å². The Morgan fingerprint density at radius 1 is 1.19 bits per heavy atom. The minimum atomic E-state index is -0.259. The second-order valence-corrected chi connectivity index (χ2v) is 7.09. The Balaban J connectivity index is 1.76. The predicted molar refractivity (Wildman–Crippen MR) is 104 cm³/mol. The first-order chi connectivity index (χ1) is 13.1. The van der Waals surface area contributed by atoms with Crippen molar-refractivity contribution in [3.8, 4) is 5.75 Å². The molecule has 1 aliphatic rings. The lowest BCUT2D eigenvalue weighted by Gasteiger charge is -2.26. The van der Waals surface area contributed by atoms with Crippen LogP contribution in [0.25, 0.3) is 0 Å². The summed E-state index contributed by atoms with van der Waals surface area (Å²) in [4.78, 5) is 14.7. The molecule has 144 valence electrons. The van der Waals surface area contributed by atoms with Crippen molar-refractivity contribution in [2.24, 2.45) is 5.92 Å². The van der Waals surface area contributed by atoms with Gasteiger partial charge in [-0.25, -0.2) is 9.18 Å². The highest BCUT2D eigenvalue weighted by molar-refractivity contribution is 5.74. The van der Waals surface area contributed by atoms with Gasteiger partial charge in [0.25, 0.3) is 0 Å². The van der Waals surface area contributed by atoms with Gasteiger partial charge in [0.05, 0.1) is 13.2 Å². The van der Waals surface area contributed by atoms with E-state index >= 15 is 0 Å². The lowest BCUT2D eigenvalue weighted by Crippen LogP contribution is -2.43. The van der Waals surface area contributed by atoms with Crippen LogP contribution in [0.1, 0.15) is 36.9 Å². The number of halogens is 1. The predicted octanol–water partition coefficient (Wildman–Crippen LogP) is 4.56. The summed E-state index contributed by atoms with van der Waals surface area (Å²) in [5, 5.41) is 3.17. The monoisotopic (exact) mass is 370 g/mol. The fourth-order valence-electron chi connectivity index (χ4n) is 3.15. The number of hydrogen-bond acceptors (Lipinski definition) is 2. The smallest absolute Gasteiger partial charge is 0.317 e. The van der Waals surface area contributed by atoms with E-state index in [1.54, 1.807) is 19.2 Å². The molecule has 4 nitrogen and oxygen atoms in total. The van der Waals surface area contributed by atoms with E-state index in [2.05, 4.69) is 5.32 Å². The largest absolute Gasteiger partial charge is 0.497 e. The fourth-order valence-corrected chi connectivity index (χ4v) is 3.15. The first kappa shape index (κ1) is 19.2. The molecule has 0 spiro atoms. The number of carbonyl (C=O) groups is 1. The van der Waals surface area contributed by atoms with E-state index in [-0.39, 0.29) is 17.9 Å². The average Bonchev–Trinajstić information content (AvgIpc) is 3.51. The lowest BCUT2D eigenvalue weighted by atomic mass is 9.98. The Morgan fingerprint density at radius 2 is 1.85 bits per heavy atom. The molecule has 1 atom stereocenters. The zero-order valence-corrected chi connectivity index (χ0v) is 16.0. The number of nitrogens with zero attached hydrogens (tertiary/aromatic N) is 1. The normalized spacial score (nSPS) is 14.5. The third kappa shape index (κ3) is 5.46. The Morgan fingerprint density at radius 3 is 2.41 bits per heavy atom. The van der Waals surface area contributed by atoms with Gasteiger partial charge in [-0.2, -0.15) is 0 Å². The SMILES string of the molecule is CCN(CC1CC1)C(=O)NC(Cc1ccc(F)cc1)c1ccc(OC)cc1. The van der Waals surface area contributed by atoms with E-state index in [1.165, 1.54) is 25.0 Å². The second-order valence-electron chi connectivity index (χ2n) is 7.09. The molecule has 2 amide bonds. The van der Waals surface area contributed by atoms with Crippen molar-refractivity contribution in [1.29, 1.82) is 0 Å². The van der Waals surface area contributed by atoms with Crippen LogP contribution in [-0.4, -0.2) is 31.1 Å². The van der Waals surface area contributed by atoms with Gasteiger partial charge in [0, 0.05) is 13.1 Å². The number of urea groups is 1. The molecule has 2 aromatic rings. The Hall–Kier alpha value is -2.56. The van der Waals surface area contributed by atoms with Crippen LogP contribution in [0.5, 0.6) is 5.75 Å². The van der Waals surface area contributed by atoms with E-state index in [1.807, 2.05) is 36.1 Å². The summed E-state index contributed by atoms with van der Waals surface area (Å²) >= 11 is 0. The molecular formula is C22H27FN2O2. The van der Waals surface area contributed by atoms with Crippen LogP contribution in [0, 0.1) is 11.7 Å². The first-order valence-corrected chi connectivity index (χ1v) is 9.53. The van der Waals surface area contributed by atoms with Crippen LogP contribution < -0.4 is 10.1 Å². The molecule has 2 aromatic carbocycles. The van der Waals surface area contributed by atoms with Crippen molar-refractivity contribution in [3.05, 3.63) is 65.5 Å². The van der Waals surface area contributed by atoms with Crippen LogP contribution in [-0.2, 0) is 6.42 Å². The van der Waals surface area contributed by atoms with Crippen molar-refractivity contribution in [2.45, 2.75) is 32.2 Å². The number of rotatable bonds is 8. The molecule has 1 aliphatic carbocycles. The standard InChI is InChI=1S/C22H27FN2O2/c1-3-25(15-17-4-5-17)22(26)24-21(14-16-6-10-19(23)11-7-16)18-8-12-20(27-2)13-9-18/h6-13,17,21H,3-5,14-15H2,1-2H3,(H,24,26). The van der Waals surface area contributed by atoms with Gasteiger partial charge < -0.3 is 15.0 Å². The molecule has 3 rings (SSSR count). The van der Waals surface area contributed by atoms with Gasteiger partial charge in [-0.1, -0.05) is 24.3 Å². The van der Waals surface area contributed by atoms with Crippen molar-refractivity contribution in [2.75, 3.05) is 20.2 Å². The Kier molecular flexibility index (Phi) is 6.32. The molecule has 27 heavy (non-hydrogen) atoms. The topological polar surface area (TPSA) is 41.6 Å². The van der Waals surface area contributed by atoms with Crippen LogP contribution in [0.2, 0.25) is 0 Å². The van der Waals surface area contributed by atoms with Crippen LogP contribution >= 0.6 is 0 Å². The molecule has 1 fully saturated rings. The second kappa shape index (κ2) is 8.89. The molecule has 0 bridgehead atoms. The molecule has 1 saturated carbocycles. The maximum absolute atomic E-state index is 13.2. The lowest BCUT2D eigenvalue weighted by molar-refractivity contribution is 0.194. The summed E-state index contributed by atoms with van der Waals surface area (Å²) in [6.45, 7) is 3.51. The molecule has 1 unspecified atom stereocenters. The summed E-state index contributed by atoms with van der Waals surface area (Å²) in [5.41, 5.74) is 1.97. The van der Waals surface area contributed by atoms with Crippen LogP contribution in [0.4, 0.5) is 9.18 Å². The zero-order valence-electron chi connectivity index (χ0n) is 16.0. The van der Waals surface area contributed by atoms with Gasteiger partial charge in [0.15, 0.2) is 0 Å². The molecular weight excluding hydrogens is 343 g/mol. The number of benzene rings is 2. The molecule has 1 N–H and O–H groups in total. The number of methoxy groups -OCH3 is 1. The van der Waals surface area contributed by atoms with Gasteiger partial charge in [0.1, 0.15) is 11.6 Å². The summed E-state index contributed by atoms with van der Waals surface area (Å²) in [6, 6.07) is 13.9. The van der Waals surface area contributed by atoms with Gasteiger partial charge in [-0.15, -0.1) is 0 Å². The number of hydrogen-bond donors (Lipinski definition) is 1. The fraction of sp³-hybridized carbons (Fsp3) is 0.409. The van der Waals surface area contributed by atoms with E-state index in [9.17, 15) is 9.18 Å². The van der Waals surface area contributed by atoms with Crippen LogP contribution in [0.15, 0.2) is 48.5 Å². The Bertz CT molecular complexity index is 742. The third-order valence-electron chi connectivity index (χ3n) is 5.01. The number of carbonyl (C=O) groups excluding carboxylic acids is 1. The average molecular weight is 370 g/mol. The summed E-state index contributed by atoms with van der Waals surface area (Å²) in [7, 11) is 1.63. The molecule has 0 saturated heterocycles. The molecule has 5 heteroatoms. The third-order valence-corrected chi connectivity index (χ3v) is 5.01.